The number of hydrogen-bond donors (Lipinski definition) is 0. The molecule has 0 fully saturated rings. The first-order valence-electron chi connectivity index (χ1n) is 7.57. The molecule has 0 aliphatic carbocycles. The van der Waals surface area contributed by atoms with Gasteiger partial charge in [-0.15, -0.1) is 0 Å². The maximum Gasteiger partial charge on any atom is 0.338 e. The molecular weight excluding hydrogens is 260 g/mol. The van der Waals surface area contributed by atoms with Gasteiger partial charge >= 0.3 is 5.97 Å². The van der Waals surface area contributed by atoms with Crippen molar-refractivity contribution in [3.63, 3.8) is 0 Å². The van der Waals surface area contributed by atoms with Gasteiger partial charge in [-0.2, -0.15) is 0 Å². The van der Waals surface area contributed by atoms with E-state index in [1.54, 1.807) is 6.07 Å². The van der Waals surface area contributed by atoms with E-state index < -0.39 is 0 Å². The second kappa shape index (κ2) is 7.63. The average molecular weight is 282 g/mol. The maximum absolute atomic E-state index is 12.2. The number of carbonyl (C=O) groups excluding carboxylic acids is 1. The van der Waals surface area contributed by atoms with Gasteiger partial charge in [-0.3, -0.25) is 0 Å². The fraction of sp³-hybridized carbons (Fsp3) is 0.316. The first kappa shape index (κ1) is 15.3. The van der Waals surface area contributed by atoms with Gasteiger partial charge < -0.3 is 4.74 Å². The molecule has 0 spiro atoms. The van der Waals surface area contributed by atoms with E-state index in [0.29, 0.717) is 5.56 Å². The lowest BCUT2D eigenvalue weighted by Crippen LogP contribution is -2.15. The molecule has 0 heterocycles. The molecule has 2 aromatic rings. The fourth-order valence-corrected chi connectivity index (χ4v) is 2.26. The number of esters is 1. The second-order valence-corrected chi connectivity index (χ2v) is 5.30. The van der Waals surface area contributed by atoms with Gasteiger partial charge in [0.15, 0.2) is 0 Å². The number of carbonyl (C=O) groups is 1. The van der Waals surface area contributed by atoms with Crippen LogP contribution in [0.15, 0.2) is 54.6 Å². The summed E-state index contributed by atoms with van der Waals surface area (Å²) in [6.45, 7) is 4.09. The zero-order valence-electron chi connectivity index (χ0n) is 12.7. The van der Waals surface area contributed by atoms with E-state index in [-0.39, 0.29) is 12.1 Å². The summed E-state index contributed by atoms with van der Waals surface area (Å²) < 4.78 is 5.49. The van der Waals surface area contributed by atoms with Crippen LogP contribution in [-0.4, -0.2) is 12.1 Å². The molecule has 2 heteroatoms. The molecule has 2 rings (SSSR count). The molecule has 1 atom stereocenters. The number of benzene rings is 2. The Morgan fingerprint density at radius 3 is 2.48 bits per heavy atom. The van der Waals surface area contributed by atoms with E-state index in [2.05, 4.69) is 6.92 Å². The van der Waals surface area contributed by atoms with Crippen molar-refractivity contribution in [2.24, 2.45) is 0 Å². The number of rotatable bonds is 6. The minimum Gasteiger partial charge on any atom is -0.459 e. The third kappa shape index (κ3) is 4.45. The Kier molecular flexibility index (Phi) is 5.56. The summed E-state index contributed by atoms with van der Waals surface area (Å²) in [5.74, 6) is -0.239. The highest BCUT2D eigenvalue weighted by Crippen LogP contribution is 2.20. The summed E-state index contributed by atoms with van der Waals surface area (Å²) in [5, 5.41) is 0. The Morgan fingerprint density at radius 2 is 1.76 bits per heavy atom. The topological polar surface area (TPSA) is 26.3 Å². The molecule has 0 aliphatic heterocycles. The number of hydrogen-bond acceptors (Lipinski definition) is 2. The summed E-state index contributed by atoms with van der Waals surface area (Å²) in [5.41, 5.74) is 2.75. The van der Waals surface area contributed by atoms with Gasteiger partial charge in [0.1, 0.15) is 0 Å². The van der Waals surface area contributed by atoms with Crippen molar-refractivity contribution in [1.29, 1.82) is 0 Å². The van der Waals surface area contributed by atoms with Crippen molar-refractivity contribution < 1.29 is 9.53 Å². The van der Waals surface area contributed by atoms with Crippen molar-refractivity contribution >= 4 is 5.97 Å². The third-order valence-corrected chi connectivity index (χ3v) is 3.48. The van der Waals surface area contributed by atoms with E-state index in [0.717, 1.165) is 30.4 Å². The van der Waals surface area contributed by atoms with Crippen LogP contribution >= 0.6 is 0 Å². The summed E-state index contributed by atoms with van der Waals surface area (Å²) in [6.07, 6.45) is 3.09. The van der Waals surface area contributed by atoms with Gasteiger partial charge in [0.25, 0.3) is 0 Å². The Morgan fingerprint density at radius 1 is 1.05 bits per heavy atom. The molecule has 0 aliphatic rings. The molecular formula is C19H22O2. The first-order valence-corrected chi connectivity index (χ1v) is 7.57. The molecule has 0 aromatic heterocycles. The van der Waals surface area contributed by atoms with Crippen LogP contribution in [0.3, 0.4) is 0 Å². The highest BCUT2D eigenvalue weighted by molar-refractivity contribution is 5.91. The summed E-state index contributed by atoms with van der Waals surface area (Å²) in [6, 6.07) is 17.6. The Labute approximate surface area is 126 Å². The van der Waals surface area contributed by atoms with Crippen molar-refractivity contribution in [1.82, 2.24) is 0 Å². The predicted octanol–water partition coefficient (Wildman–Crippen LogP) is 5.09. The van der Waals surface area contributed by atoms with Crippen molar-refractivity contribution in [2.75, 3.05) is 0 Å². The standard InChI is InChI=1S/C19H22O2/c1-3-4-9-15(2)21-19(20)18-13-8-12-17(14-18)16-10-6-5-7-11-16/h5-8,10-15H,3-4,9H2,1-2H3. The molecule has 2 nitrogen and oxygen atoms in total. The van der Waals surface area contributed by atoms with Crippen LogP contribution in [0.1, 0.15) is 43.5 Å². The Balaban J connectivity index is 2.09. The van der Waals surface area contributed by atoms with Crippen molar-refractivity contribution in [3.8, 4) is 11.1 Å². The summed E-state index contributed by atoms with van der Waals surface area (Å²) >= 11 is 0. The maximum atomic E-state index is 12.2. The van der Waals surface area contributed by atoms with Crippen LogP contribution in [0, 0.1) is 0 Å². The van der Waals surface area contributed by atoms with E-state index >= 15 is 0 Å². The Bertz CT molecular complexity index is 575. The van der Waals surface area contributed by atoms with Gasteiger partial charge in [-0.05, 0) is 36.6 Å². The molecule has 1 unspecified atom stereocenters. The van der Waals surface area contributed by atoms with E-state index in [1.807, 2.05) is 55.5 Å². The van der Waals surface area contributed by atoms with E-state index in [9.17, 15) is 4.79 Å². The second-order valence-electron chi connectivity index (χ2n) is 5.30. The van der Waals surface area contributed by atoms with Crippen LogP contribution in [0.25, 0.3) is 11.1 Å². The van der Waals surface area contributed by atoms with Crippen molar-refractivity contribution in [3.05, 3.63) is 60.2 Å². The monoisotopic (exact) mass is 282 g/mol. The normalized spacial score (nSPS) is 11.9. The molecule has 0 saturated carbocycles. The molecule has 0 radical (unpaired) electrons. The van der Waals surface area contributed by atoms with Gasteiger partial charge in [-0.25, -0.2) is 4.79 Å². The van der Waals surface area contributed by atoms with Gasteiger partial charge in [0, 0.05) is 0 Å². The lowest BCUT2D eigenvalue weighted by Gasteiger charge is -2.13. The van der Waals surface area contributed by atoms with Crippen LogP contribution in [0.4, 0.5) is 0 Å². The highest BCUT2D eigenvalue weighted by atomic mass is 16.5. The minimum atomic E-state index is -0.239. The predicted molar refractivity (Wildman–Crippen MR) is 86.3 cm³/mol. The molecule has 0 amide bonds. The lowest BCUT2D eigenvalue weighted by atomic mass is 10.0. The summed E-state index contributed by atoms with van der Waals surface area (Å²) in [4.78, 5) is 12.2. The molecule has 21 heavy (non-hydrogen) atoms. The van der Waals surface area contributed by atoms with Crippen LogP contribution in [0.5, 0.6) is 0 Å². The average Bonchev–Trinajstić information content (AvgIpc) is 2.54. The SMILES string of the molecule is CCCCC(C)OC(=O)c1cccc(-c2ccccc2)c1. The van der Waals surface area contributed by atoms with E-state index in [4.69, 9.17) is 4.74 Å². The summed E-state index contributed by atoms with van der Waals surface area (Å²) in [7, 11) is 0. The largest absolute Gasteiger partial charge is 0.459 e. The highest BCUT2D eigenvalue weighted by Gasteiger charge is 2.12. The van der Waals surface area contributed by atoms with E-state index in [1.165, 1.54) is 0 Å². The first-order chi connectivity index (χ1) is 10.2. The number of unbranched alkanes of at least 4 members (excludes halogenated alkanes) is 1. The van der Waals surface area contributed by atoms with Gasteiger partial charge in [0.2, 0.25) is 0 Å². The zero-order chi connectivity index (χ0) is 15.1. The number of ether oxygens (including phenoxy) is 1. The van der Waals surface area contributed by atoms with Gasteiger partial charge in [0.05, 0.1) is 11.7 Å². The van der Waals surface area contributed by atoms with Gasteiger partial charge in [-0.1, -0.05) is 62.2 Å². The molecule has 110 valence electrons. The molecule has 0 N–H and O–H groups in total. The van der Waals surface area contributed by atoms with Crippen LogP contribution in [-0.2, 0) is 4.74 Å². The lowest BCUT2D eigenvalue weighted by molar-refractivity contribution is 0.0320. The smallest absolute Gasteiger partial charge is 0.338 e. The molecule has 0 bridgehead atoms. The fourth-order valence-electron chi connectivity index (χ4n) is 2.26. The van der Waals surface area contributed by atoms with Crippen molar-refractivity contribution in [2.45, 2.75) is 39.2 Å². The quantitative estimate of drug-likeness (QED) is 0.690. The zero-order valence-corrected chi connectivity index (χ0v) is 12.7. The van der Waals surface area contributed by atoms with Crippen LogP contribution < -0.4 is 0 Å². The Hall–Kier alpha value is -2.09. The van der Waals surface area contributed by atoms with Crippen LogP contribution in [0.2, 0.25) is 0 Å². The minimum absolute atomic E-state index is 0.0298. The molecule has 0 saturated heterocycles. The third-order valence-electron chi connectivity index (χ3n) is 3.48. The molecule has 2 aromatic carbocycles.